The third kappa shape index (κ3) is 9.04. The van der Waals surface area contributed by atoms with Crippen molar-refractivity contribution in [2.75, 3.05) is 43.6 Å². The lowest BCUT2D eigenvalue weighted by Gasteiger charge is -2.21. The maximum Gasteiger partial charge on any atom is 0.321 e. The second kappa shape index (κ2) is 15.0. The number of ether oxygens (including phenoxy) is 1. The SMILES string of the molecule is CC.CCCN(CCC)c1nc(/C=N/Nc2ccc(O)cc2)nc(OCCNC)n1. The molecule has 2 rings (SSSR count). The Hall–Kier alpha value is -2.94. The Morgan fingerprint density at radius 3 is 2.33 bits per heavy atom. The zero-order chi connectivity index (χ0) is 22.2. The van der Waals surface area contributed by atoms with Crippen LogP contribution in [0.3, 0.4) is 0 Å². The molecule has 1 aromatic heterocycles. The van der Waals surface area contributed by atoms with Crippen LogP contribution < -0.4 is 20.4 Å². The molecule has 0 aliphatic rings. The van der Waals surface area contributed by atoms with E-state index >= 15 is 0 Å². The number of nitrogens with one attached hydrogen (secondary N) is 2. The second-order valence-corrected chi connectivity index (χ2v) is 6.13. The molecule has 0 spiro atoms. The summed E-state index contributed by atoms with van der Waals surface area (Å²) in [5.41, 5.74) is 3.63. The lowest BCUT2D eigenvalue weighted by atomic mass is 10.3. The normalized spacial score (nSPS) is 10.4. The van der Waals surface area contributed by atoms with E-state index in [1.165, 1.54) is 6.21 Å². The molecule has 9 nitrogen and oxygen atoms in total. The highest BCUT2D eigenvalue weighted by molar-refractivity contribution is 5.75. The molecule has 0 unspecified atom stereocenters. The third-order valence-electron chi connectivity index (χ3n) is 3.71. The summed E-state index contributed by atoms with van der Waals surface area (Å²) in [4.78, 5) is 15.4. The van der Waals surface area contributed by atoms with Gasteiger partial charge < -0.3 is 20.1 Å². The minimum Gasteiger partial charge on any atom is -0.508 e. The van der Waals surface area contributed by atoms with E-state index in [4.69, 9.17) is 4.74 Å². The third-order valence-corrected chi connectivity index (χ3v) is 3.71. The fourth-order valence-corrected chi connectivity index (χ4v) is 2.42. The van der Waals surface area contributed by atoms with E-state index < -0.39 is 0 Å². The zero-order valence-electron chi connectivity index (χ0n) is 18.7. The van der Waals surface area contributed by atoms with Crippen LogP contribution in [0.5, 0.6) is 11.8 Å². The van der Waals surface area contributed by atoms with Crippen molar-refractivity contribution in [2.24, 2.45) is 5.10 Å². The fraction of sp³-hybridized carbons (Fsp3) is 0.524. The molecular formula is C21H35N7O2. The Labute approximate surface area is 179 Å². The monoisotopic (exact) mass is 417 g/mol. The predicted octanol–water partition coefficient (Wildman–Crippen LogP) is 3.27. The molecule has 0 saturated heterocycles. The van der Waals surface area contributed by atoms with E-state index in [0.29, 0.717) is 24.9 Å². The lowest BCUT2D eigenvalue weighted by molar-refractivity contribution is 0.292. The maximum atomic E-state index is 9.33. The number of likely N-dealkylation sites (N-methyl/N-ethyl adjacent to an activating group) is 1. The molecule has 1 heterocycles. The van der Waals surface area contributed by atoms with Gasteiger partial charge in [-0.1, -0.05) is 27.7 Å². The van der Waals surface area contributed by atoms with Crippen LogP contribution in [0.4, 0.5) is 11.6 Å². The van der Waals surface area contributed by atoms with Crippen molar-refractivity contribution in [1.82, 2.24) is 20.3 Å². The first-order chi connectivity index (χ1) is 14.7. The van der Waals surface area contributed by atoms with Crippen molar-refractivity contribution in [2.45, 2.75) is 40.5 Å². The van der Waals surface area contributed by atoms with Gasteiger partial charge in [0, 0.05) is 19.6 Å². The standard InChI is InChI=1S/C19H29N7O2.C2H6/c1-4-11-26(12-5-2)18-22-17(23-19(24-18)28-13-10-20-3)14-21-25-15-6-8-16(27)9-7-15;1-2/h6-9,14,20,25,27H,4-5,10-13H2,1-3H3;1-2H3/b21-14+;. The molecule has 9 heteroatoms. The zero-order valence-corrected chi connectivity index (χ0v) is 18.7. The number of hydrogen-bond acceptors (Lipinski definition) is 9. The number of aromatic nitrogens is 3. The Morgan fingerprint density at radius 2 is 1.73 bits per heavy atom. The van der Waals surface area contributed by atoms with Crippen LogP contribution >= 0.6 is 0 Å². The minimum atomic E-state index is 0.201. The lowest BCUT2D eigenvalue weighted by Crippen LogP contribution is -2.28. The highest BCUT2D eigenvalue weighted by Crippen LogP contribution is 2.15. The Morgan fingerprint density at radius 1 is 1.07 bits per heavy atom. The molecule has 0 fully saturated rings. The number of nitrogens with zero attached hydrogens (tertiary/aromatic N) is 5. The van der Waals surface area contributed by atoms with Gasteiger partial charge in [0.05, 0.1) is 11.9 Å². The molecule has 0 aliphatic heterocycles. The molecule has 0 saturated carbocycles. The molecule has 30 heavy (non-hydrogen) atoms. The van der Waals surface area contributed by atoms with E-state index in [-0.39, 0.29) is 11.8 Å². The summed E-state index contributed by atoms with van der Waals surface area (Å²) < 4.78 is 5.65. The van der Waals surface area contributed by atoms with E-state index in [1.807, 2.05) is 20.9 Å². The summed E-state index contributed by atoms with van der Waals surface area (Å²) in [5.74, 6) is 1.20. The van der Waals surface area contributed by atoms with Crippen LogP contribution in [-0.4, -0.2) is 59.6 Å². The molecule has 0 bridgehead atoms. The van der Waals surface area contributed by atoms with Gasteiger partial charge in [0.25, 0.3) is 0 Å². The van der Waals surface area contributed by atoms with Gasteiger partial charge >= 0.3 is 6.01 Å². The van der Waals surface area contributed by atoms with Gasteiger partial charge in [-0.05, 0) is 44.2 Å². The first-order valence-corrected chi connectivity index (χ1v) is 10.5. The van der Waals surface area contributed by atoms with Crippen LogP contribution in [0.15, 0.2) is 29.4 Å². The summed E-state index contributed by atoms with van der Waals surface area (Å²) in [5, 5.41) is 16.5. The van der Waals surface area contributed by atoms with E-state index in [9.17, 15) is 5.11 Å². The number of phenols is 1. The molecule has 0 radical (unpaired) electrons. The number of benzene rings is 1. The van der Waals surface area contributed by atoms with E-state index in [1.54, 1.807) is 24.3 Å². The number of rotatable bonds is 12. The molecular weight excluding hydrogens is 382 g/mol. The highest BCUT2D eigenvalue weighted by Gasteiger charge is 2.13. The number of aromatic hydroxyl groups is 1. The summed E-state index contributed by atoms with van der Waals surface area (Å²) in [7, 11) is 1.86. The van der Waals surface area contributed by atoms with Crippen molar-refractivity contribution >= 4 is 17.9 Å². The summed E-state index contributed by atoms with van der Waals surface area (Å²) in [6.45, 7) is 11.1. The predicted molar refractivity (Wildman–Crippen MR) is 123 cm³/mol. The smallest absolute Gasteiger partial charge is 0.321 e. The average molecular weight is 418 g/mol. The number of hydrogen-bond donors (Lipinski definition) is 3. The summed E-state index contributed by atoms with van der Waals surface area (Å²) >= 11 is 0. The van der Waals surface area contributed by atoms with Crippen molar-refractivity contribution in [3.8, 4) is 11.8 Å². The molecule has 2 aromatic rings. The van der Waals surface area contributed by atoms with Crippen LogP contribution in [0, 0.1) is 0 Å². The van der Waals surface area contributed by atoms with Gasteiger partial charge in [-0.3, -0.25) is 5.43 Å². The van der Waals surface area contributed by atoms with Crippen molar-refractivity contribution in [3.63, 3.8) is 0 Å². The van der Waals surface area contributed by atoms with Gasteiger partial charge in [-0.2, -0.15) is 20.1 Å². The van der Waals surface area contributed by atoms with Crippen LogP contribution in [0.25, 0.3) is 0 Å². The summed E-state index contributed by atoms with van der Waals surface area (Å²) in [6, 6.07) is 6.90. The topological polar surface area (TPSA) is 108 Å². The van der Waals surface area contributed by atoms with E-state index in [2.05, 4.69) is 49.5 Å². The molecule has 1 aromatic carbocycles. The Bertz CT molecular complexity index is 733. The Kier molecular flexibility index (Phi) is 12.5. The minimum absolute atomic E-state index is 0.201. The first-order valence-electron chi connectivity index (χ1n) is 10.5. The molecule has 3 N–H and O–H groups in total. The fourth-order valence-electron chi connectivity index (χ4n) is 2.42. The molecule has 0 aliphatic carbocycles. The van der Waals surface area contributed by atoms with Crippen molar-refractivity contribution in [3.05, 3.63) is 30.1 Å². The van der Waals surface area contributed by atoms with Crippen LogP contribution in [0.2, 0.25) is 0 Å². The van der Waals surface area contributed by atoms with Gasteiger partial charge in [-0.25, -0.2) is 0 Å². The number of phenolic OH excluding ortho intramolecular Hbond substituents is 1. The van der Waals surface area contributed by atoms with Gasteiger partial charge in [0.15, 0.2) is 5.82 Å². The number of hydrazone groups is 1. The molecule has 0 atom stereocenters. The first kappa shape index (κ1) is 25.1. The summed E-state index contributed by atoms with van der Waals surface area (Å²) in [6.07, 6.45) is 3.51. The molecule has 166 valence electrons. The highest BCUT2D eigenvalue weighted by atomic mass is 16.5. The van der Waals surface area contributed by atoms with Crippen LogP contribution in [-0.2, 0) is 0 Å². The molecule has 0 amide bonds. The van der Waals surface area contributed by atoms with Gasteiger partial charge in [-0.15, -0.1) is 0 Å². The van der Waals surface area contributed by atoms with E-state index in [0.717, 1.165) is 31.6 Å². The Balaban J connectivity index is 0.00000218. The van der Waals surface area contributed by atoms with Gasteiger partial charge in [0.2, 0.25) is 5.95 Å². The largest absolute Gasteiger partial charge is 0.508 e. The number of anilines is 2. The average Bonchev–Trinajstić information content (AvgIpc) is 2.76. The van der Waals surface area contributed by atoms with Crippen LogP contribution in [0.1, 0.15) is 46.4 Å². The second-order valence-electron chi connectivity index (χ2n) is 6.13. The van der Waals surface area contributed by atoms with Gasteiger partial charge in [0.1, 0.15) is 12.4 Å². The van der Waals surface area contributed by atoms with Crippen molar-refractivity contribution < 1.29 is 9.84 Å². The van der Waals surface area contributed by atoms with Crippen molar-refractivity contribution in [1.29, 1.82) is 0 Å². The maximum absolute atomic E-state index is 9.33. The quantitative estimate of drug-likeness (QED) is 0.209.